The monoisotopic (exact) mass is 566 g/mol. The maximum absolute atomic E-state index is 13.7. The number of benzene rings is 1. The summed E-state index contributed by atoms with van der Waals surface area (Å²) in [6, 6.07) is 1.69. The molecule has 3 amide bonds. The quantitative estimate of drug-likeness (QED) is 0.432. The molecule has 5 atom stereocenters. The molecule has 8 nitrogen and oxygen atoms in total. The summed E-state index contributed by atoms with van der Waals surface area (Å²) in [6.45, 7) is 2.77. The fraction of sp³-hybridized carbons (Fsp3) is 0.538. The Kier molecular flexibility index (Phi) is 7.44. The van der Waals surface area contributed by atoms with E-state index in [1.54, 1.807) is 17.9 Å². The molecule has 37 heavy (non-hydrogen) atoms. The number of nitrogens with zero attached hydrogens (tertiary/aromatic N) is 1. The topological polar surface area (TPSA) is 111 Å². The molecule has 1 aliphatic carbocycles. The second-order valence-electron chi connectivity index (χ2n) is 10.3. The third-order valence-electron chi connectivity index (χ3n) is 8.14. The van der Waals surface area contributed by atoms with Crippen LogP contribution in [0.2, 0.25) is 15.1 Å². The first kappa shape index (κ1) is 26.3. The van der Waals surface area contributed by atoms with E-state index in [1.807, 2.05) is 0 Å². The molecule has 0 bridgehead atoms. The van der Waals surface area contributed by atoms with E-state index < -0.39 is 12.1 Å². The predicted molar refractivity (Wildman–Crippen MR) is 142 cm³/mol. The number of ketones is 1. The number of aromatic amines is 1. The van der Waals surface area contributed by atoms with Crippen LogP contribution < -0.4 is 10.6 Å². The van der Waals surface area contributed by atoms with Crippen molar-refractivity contribution in [2.45, 2.75) is 57.5 Å². The lowest BCUT2D eigenvalue weighted by Crippen LogP contribution is -2.53. The normalized spacial score (nSPS) is 25.8. The molecule has 3 N–H and O–H groups in total. The number of hydrogen-bond donors (Lipinski definition) is 3. The van der Waals surface area contributed by atoms with Gasteiger partial charge < -0.3 is 20.5 Å². The van der Waals surface area contributed by atoms with Crippen molar-refractivity contribution in [1.82, 2.24) is 20.5 Å². The number of amides is 3. The Balaban J connectivity index is 1.41. The van der Waals surface area contributed by atoms with Gasteiger partial charge in [-0.05, 0) is 49.7 Å². The summed E-state index contributed by atoms with van der Waals surface area (Å²) in [6.07, 6.45) is 3.92. The molecular weight excluding hydrogens is 539 g/mol. The molecule has 2 aromatic rings. The van der Waals surface area contributed by atoms with E-state index in [9.17, 15) is 19.2 Å². The summed E-state index contributed by atoms with van der Waals surface area (Å²) in [5.74, 6) is -0.968. The number of fused-ring (bicyclic) bond motifs is 2. The van der Waals surface area contributed by atoms with E-state index in [2.05, 4.69) is 15.6 Å². The van der Waals surface area contributed by atoms with Crippen molar-refractivity contribution in [1.29, 1.82) is 0 Å². The third-order valence-corrected chi connectivity index (χ3v) is 9.24. The van der Waals surface area contributed by atoms with Crippen LogP contribution in [0.3, 0.4) is 0 Å². The first-order valence-corrected chi connectivity index (χ1v) is 13.9. The van der Waals surface area contributed by atoms with Gasteiger partial charge in [0, 0.05) is 30.8 Å². The maximum atomic E-state index is 13.7. The van der Waals surface area contributed by atoms with Crippen molar-refractivity contribution in [2.24, 2.45) is 17.8 Å². The SMILES string of the molecule is CCC(=O)C(CC1CCNC1=O)NC(=O)C1C2CCCC2CN1C(=O)c1cc2c(Cl)cc(Cl)c(Cl)c2[nH]1. The lowest BCUT2D eigenvalue weighted by atomic mass is 9.91. The zero-order valence-electron chi connectivity index (χ0n) is 20.4. The summed E-state index contributed by atoms with van der Waals surface area (Å²) in [5.41, 5.74) is 0.731. The van der Waals surface area contributed by atoms with E-state index in [1.165, 1.54) is 6.07 Å². The van der Waals surface area contributed by atoms with E-state index in [0.29, 0.717) is 35.4 Å². The van der Waals surface area contributed by atoms with Crippen molar-refractivity contribution in [3.63, 3.8) is 0 Å². The minimum absolute atomic E-state index is 0.0158. The van der Waals surface area contributed by atoms with Gasteiger partial charge in [-0.1, -0.05) is 48.1 Å². The molecule has 198 valence electrons. The zero-order chi connectivity index (χ0) is 26.4. The van der Waals surface area contributed by atoms with Crippen molar-refractivity contribution in [2.75, 3.05) is 13.1 Å². The minimum Gasteiger partial charge on any atom is -0.356 e. The Bertz CT molecular complexity index is 1280. The highest BCUT2D eigenvalue weighted by Gasteiger charge is 2.50. The molecule has 1 aromatic carbocycles. The lowest BCUT2D eigenvalue weighted by Gasteiger charge is -2.29. The van der Waals surface area contributed by atoms with Crippen LogP contribution in [0.5, 0.6) is 0 Å². The molecule has 1 aromatic heterocycles. The highest BCUT2D eigenvalue weighted by molar-refractivity contribution is 6.47. The lowest BCUT2D eigenvalue weighted by molar-refractivity contribution is -0.132. The minimum atomic E-state index is -0.767. The number of rotatable bonds is 7. The van der Waals surface area contributed by atoms with Crippen LogP contribution in [0.15, 0.2) is 12.1 Å². The van der Waals surface area contributed by atoms with Gasteiger partial charge in [-0.3, -0.25) is 19.2 Å². The van der Waals surface area contributed by atoms with Crippen molar-refractivity contribution >= 4 is 69.2 Å². The van der Waals surface area contributed by atoms with Gasteiger partial charge >= 0.3 is 0 Å². The van der Waals surface area contributed by atoms with Gasteiger partial charge in [0.15, 0.2) is 5.78 Å². The average molecular weight is 568 g/mol. The van der Waals surface area contributed by atoms with Gasteiger partial charge in [-0.25, -0.2) is 0 Å². The summed E-state index contributed by atoms with van der Waals surface area (Å²) in [4.78, 5) is 57.0. The van der Waals surface area contributed by atoms with Gasteiger partial charge in [0.1, 0.15) is 11.7 Å². The number of Topliss-reactive ketones (excluding diaryl/α,β-unsaturated/α-hetero) is 1. The Morgan fingerprint density at radius 1 is 1.14 bits per heavy atom. The van der Waals surface area contributed by atoms with Gasteiger partial charge in [0.05, 0.1) is 26.6 Å². The van der Waals surface area contributed by atoms with Crippen LogP contribution in [-0.2, 0) is 14.4 Å². The van der Waals surface area contributed by atoms with Crippen molar-refractivity contribution in [3.05, 3.63) is 32.9 Å². The summed E-state index contributed by atoms with van der Waals surface area (Å²) in [7, 11) is 0. The number of halogens is 3. The molecule has 11 heteroatoms. The maximum Gasteiger partial charge on any atom is 0.271 e. The number of carbonyl (C=O) groups excluding carboxylic acids is 4. The first-order valence-electron chi connectivity index (χ1n) is 12.8. The number of nitrogens with one attached hydrogen (secondary N) is 3. The van der Waals surface area contributed by atoms with Gasteiger partial charge in [-0.15, -0.1) is 0 Å². The van der Waals surface area contributed by atoms with Crippen molar-refractivity contribution in [3.8, 4) is 0 Å². The van der Waals surface area contributed by atoms with E-state index in [4.69, 9.17) is 34.8 Å². The number of aromatic nitrogens is 1. The molecular formula is C26H29Cl3N4O4. The Morgan fingerprint density at radius 2 is 1.92 bits per heavy atom. The molecule has 2 saturated heterocycles. The Morgan fingerprint density at radius 3 is 2.62 bits per heavy atom. The van der Waals surface area contributed by atoms with Gasteiger partial charge in [0.25, 0.3) is 5.91 Å². The van der Waals surface area contributed by atoms with Crippen LogP contribution in [-0.4, -0.2) is 58.6 Å². The van der Waals surface area contributed by atoms with Gasteiger partial charge in [-0.2, -0.15) is 0 Å². The van der Waals surface area contributed by atoms with E-state index >= 15 is 0 Å². The average Bonchev–Trinajstić information content (AvgIpc) is 3.65. The Hall–Kier alpha value is -2.29. The molecule has 0 radical (unpaired) electrons. The molecule has 0 spiro atoms. The highest BCUT2D eigenvalue weighted by Crippen LogP contribution is 2.43. The van der Waals surface area contributed by atoms with Gasteiger partial charge in [0.2, 0.25) is 11.8 Å². The van der Waals surface area contributed by atoms with Crippen molar-refractivity contribution < 1.29 is 19.2 Å². The van der Waals surface area contributed by atoms with E-state index in [0.717, 1.165) is 19.3 Å². The smallest absolute Gasteiger partial charge is 0.271 e. The first-order chi connectivity index (χ1) is 17.7. The van der Waals surface area contributed by atoms with Crippen LogP contribution in [0.1, 0.15) is 55.9 Å². The van der Waals surface area contributed by atoms with Crippen LogP contribution in [0.4, 0.5) is 0 Å². The molecule has 3 heterocycles. The molecule has 5 rings (SSSR count). The summed E-state index contributed by atoms with van der Waals surface area (Å²) >= 11 is 18.8. The molecule has 2 aliphatic heterocycles. The number of H-pyrrole nitrogens is 1. The standard InChI is InChI=1S/C26H29Cl3N4O4/c1-2-20(34)18(8-12-6-7-30-24(12)35)32-25(36)23-14-5-3-4-13(14)11-33(23)26(37)19-9-15-16(27)10-17(28)21(29)22(15)31-19/h9-10,12-14,18,23,31H,2-8,11H2,1H3,(H,30,35)(H,32,36). The zero-order valence-corrected chi connectivity index (χ0v) is 22.7. The van der Waals surface area contributed by atoms with Crippen LogP contribution in [0.25, 0.3) is 10.9 Å². The second kappa shape index (κ2) is 10.5. The van der Waals surface area contributed by atoms with Crippen LogP contribution in [0, 0.1) is 17.8 Å². The third kappa shape index (κ3) is 4.84. The highest BCUT2D eigenvalue weighted by atomic mass is 35.5. The number of likely N-dealkylation sites (tertiary alicyclic amines) is 1. The predicted octanol–water partition coefficient (Wildman–Crippen LogP) is 4.36. The largest absolute Gasteiger partial charge is 0.356 e. The van der Waals surface area contributed by atoms with Crippen LogP contribution >= 0.6 is 34.8 Å². The molecule has 3 fully saturated rings. The second-order valence-corrected chi connectivity index (χ2v) is 11.5. The fourth-order valence-electron chi connectivity index (χ4n) is 6.24. The summed E-state index contributed by atoms with van der Waals surface area (Å²) < 4.78 is 0. The number of hydrogen-bond acceptors (Lipinski definition) is 4. The molecule has 3 aliphatic rings. The number of carbonyl (C=O) groups is 4. The molecule has 1 saturated carbocycles. The molecule has 5 unspecified atom stereocenters. The Labute approximate surface area is 229 Å². The fourth-order valence-corrected chi connectivity index (χ4v) is 6.96. The summed E-state index contributed by atoms with van der Waals surface area (Å²) in [5, 5.41) is 7.19. The van der Waals surface area contributed by atoms with E-state index in [-0.39, 0.29) is 69.8 Å².